The van der Waals surface area contributed by atoms with Crippen molar-refractivity contribution < 1.29 is 14.3 Å². The van der Waals surface area contributed by atoms with Crippen molar-refractivity contribution in [1.29, 1.82) is 0 Å². The summed E-state index contributed by atoms with van der Waals surface area (Å²) in [4.78, 5) is 14.2. The summed E-state index contributed by atoms with van der Waals surface area (Å²) in [7, 11) is 1.68. The second-order valence-electron chi connectivity index (χ2n) is 5.68. The fourth-order valence-corrected chi connectivity index (χ4v) is 2.32. The molecule has 1 aliphatic heterocycles. The minimum atomic E-state index is 0.0255. The molecule has 0 spiro atoms. The van der Waals surface area contributed by atoms with Crippen LogP contribution in [0.1, 0.15) is 33.6 Å². The first-order valence-corrected chi connectivity index (χ1v) is 7.18. The molecule has 1 rings (SSSR count). The van der Waals surface area contributed by atoms with Gasteiger partial charge in [-0.15, -0.1) is 0 Å². The third-order valence-electron chi connectivity index (χ3n) is 3.36. The van der Waals surface area contributed by atoms with Crippen LogP contribution < -0.4 is 5.32 Å². The van der Waals surface area contributed by atoms with Gasteiger partial charge in [0.25, 0.3) is 0 Å². The van der Waals surface area contributed by atoms with Gasteiger partial charge in [0, 0.05) is 26.3 Å². The highest BCUT2D eigenvalue weighted by Gasteiger charge is 2.28. The zero-order valence-corrected chi connectivity index (χ0v) is 12.6. The molecule has 1 heterocycles. The van der Waals surface area contributed by atoms with Gasteiger partial charge in [-0.25, -0.2) is 4.79 Å². The van der Waals surface area contributed by atoms with E-state index in [1.807, 2.05) is 11.8 Å². The summed E-state index contributed by atoms with van der Waals surface area (Å²) in [5.41, 5.74) is 0. The van der Waals surface area contributed by atoms with Crippen LogP contribution in [0.3, 0.4) is 0 Å². The molecule has 19 heavy (non-hydrogen) atoms. The van der Waals surface area contributed by atoms with Crippen LogP contribution in [0.2, 0.25) is 0 Å². The van der Waals surface area contributed by atoms with Crippen molar-refractivity contribution in [2.45, 2.75) is 45.7 Å². The Balaban J connectivity index is 2.47. The molecule has 5 heteroatoms. The fourth-order valence-electron chi connectivity index (χ4n) is 2.32. The lowest BCUT2D eigenvalue weighted by Crippen LogP contribution is -2.54. The normalized spacial score (nSPS) is 21.5. The first kappa shape index (κ1) is 16.2. The number of carbonyl (C=O) groups excluding carboxylic acids is 1. The van der Waals surface area contributed by atoms with E-state index in [9.17, 15) is 4.79 Å². The maximum Gasteiger partial charge on any atom is 0.318 e. The van der Waals surface area contributed by atoms with E-state index >= 15 is 0 Å². The Labute approximate surface area is 116 Å². The lowest BCUT2D eigenvalue weighted by atomic mass is 10.0. The van der Waals surface area contributed by atoms with Crippen LogP contribution in [0.25, 0.3) is 0 Å². The predicted molar refractivity (Wildman–Crippen MR) is 75.3 cm³/mol. The largest absolute Gasteiger partial charge is 0.385 e. The number of morpholine rings is 1. The number of urea groups is 1. The van der Waals surface area contributed by atoms with E-state index in [-0.39, 0.29) is 18.1 Å². The van der Waals surface area contributed by atoms with Crippen molar-refractivity contribution in [2.24, 2.45) is 5.92 Å². The second-order valence-corrected chi connectivity index (χ2v) is 5.68. The Kier molecular flexibility index (Phi) is 7.16. The van der Waals surface area contributed by atoms with Gasteiger partial charge in [0.2, 0.25) is 0 Å². The third kappa shape index (κ3) is 5.78. The summed E-state index contributed by atoms with van der Waals surface area (Å²) in [6, 6.07) is 0.357. The Hall–Kier alpha value is -0.810. The molecule has 0 aliphatic carbocycles. The van der Waals surface area contributed by atoms with Gasteiger partial charge >= 0.3 is 6.03 Å². The first-order valence-electron chi connectivity index (χ1n) is 7.18. The lowest BCUT2D eigenvalue weighted by Gasteiger charge is -2.37. The Bertz CT molecular complexity index is 271. The molecule has 0 radical (unpaired) electrons. The number of hydrogen-bond acceptors (Lipinski definition) is 3. The second kappa shape index (κ2) is 8.38. The molecule has 0 saturated carbocycles. The fraction of sp³-hybridized carbons (Fsp3) is 0.929. The average Bonchev–Trinajstić information content (AvgIpc) is 2.36. The van der Waals surface area contributed by atoms with E-state index in [4.69, 9.17) is 9.47 Å². The third-order valence-corrected chi connectivity index (χ3v) is 3.36. The number of methoxy groups -OCH3 is 1. The number of nitrogens with zero attached hydrogens (tertiary/aromatic N) is 1. The Morgan fingerprint density at radius 1 is 1.47 bits per heavy atom. The average molecular weight is 272 g/mol. The predicted octanol–water partition coefficient (Wildman–Crippen LogP) is 1.87. The van der Waals surface area contributed by atoms with Gasteiger partial charge in [0.15, 0.2) is 0 Å². The van der Waals surface area contributed by atoms with Crippen LogP contribution >= 0.6 is 0 Å². The molecule has 2 amide bonds. The van der Waals surface area contributed by atoms with E-state index in [2.05, 4.69) is 19.2 Å². The molecule has 1 saturated heterocycles. The quantitative estimate of drug-likeness (QED) is 0.803. The van der Waals surface area contributed by atoms with Gasteiger partial charge in [-0.3, -0.25) is 0 Å². The summed E-state index contributed by atoms with van der Waals surface area (Å²) in [6.45, 7) is 8.99. The highest BCUT2D eigenvalue weighted by atomic mass is 16.5. The minimum Gasteiger partial charge on any atom is -0.385 e. The van der Waals surface area contributed by atoms with Crippen molar-refractivity contribution in [3.05, 3.63) is 0 Å². The van der Waals surface area contributed by atoms with Crippen molar-refractivity contribution in [2.75, 3.05) is 33.5 Å². The summed E-state index contributed by atoms with van der Waals surface area (Å²) < 4.78 is 10.5. The molecular weight excluding hydrogens is 244 g/mol. The van der Waals surface area contributed by atoms with Gasteiger partial charge in [-0.1, -0.05) is 13.8 Å². The van der Waals surface area contributed by atoms with Gasteiger partial charge in [0.05, 0.1) is 19.3 Å². The highest BCUT2D eigenvalue weighted by molar-refractivity contribution is 5.75. The molecule has 1 N–H and O–H groups in total. The molecule has 2 atom stereocenters. The SMILES string of the molecule is COCC[C@@H](C)NC(=O)N1CCOC[C@@H]1CC(C)C. The zero-order valence-electron chi connectivity index (χ0n) is 12.6. The summed E-state index contributed by atoms with van der Waals surface area (Å²) in [5, 5.41) is 3.04. The van der Waals surface area contributed by atoms with Crippen molar-refractivity contribution in [3.63, 3.8) is 0 Å². The maximum absolute atomic E-state index is 12.3. The summed E-state index contributed by atoms with van der Waals surface area (Å²) >= 11 is 0. The number of hydrogen-bond donors (Lipinski definition) is 1. The maximum atomic E-state index is 12.3. The smallest absolute Gasteiger partial charge is 0.318 e. The van der Waals surface area contributed by atoms with Crippen molar-refractivity contribution >= 4 is 6.03 Å². The van der Waals surface area contributed by atoms with E-state index in [1.165, 1.54) is 0 Å². The van der Waals surface area contributed by atoms with Crippen LogP contribution in [0.4, 0.5) is 4.79 Å². The number of ether oxygens (including phenoxy) is 2. The molecule has 0 bridgehead atoms. The number of carbonyl (C=O) groups is 1. The molecule has 0 aromatic heterocycles. The molecule has 1 aliphatic rings. The lowest BCUT2D eigenvalue weighted by molar-refractivity contribution is 0.00493. The Morgan fingerprint density at radius 3 is 2.84 bits per heavy atom. The Morgan fingerprint density at radius 2 is 2.21 bits per heavy atom. The standard InChI is InChI=1S/C14H28N2O3/c1-11(2)9-13-10-19-8-6-16(13)14(17)15-12(3)5-7-18-4/h11-13H,5-10H2,1-4H3,(H,15,17)/t12-,13+/m1/s1. The van der Waals surface area contributed by atoms with Crippen LogP contribution in [0, 0.1) is 5.92 Å². The van der Waals surface area contributed by atoms with Crippen LogP contribution in [0.15, 0.2) is 0 Å². The van der Waals surface area contributed by atoms with E-state index in [0.717, 1.165) is 12.8 Å². The topological polar surface area (TPSA) is 50.8 Å². The van der Waals surface area contributed by atoms with Crippen molar-refractivity contribution in [1.82, 2.24) is 10.2 Å². The number of rotatable bonds is 6. The molecule has 0 unspecified atom stereocenters. The van der Waals surface area contributed by atoms with Gasteiger partial charge in [0.1, 0.15) is 0 Å². The molecule has 0 aromatic carbocycles. The molecule has 1 fully saturated rings. The van der Waals surface area contributed by atoms with E-state index in [0.29, 0.717) is 32.3 Å². The van der Waals surface area contributed by atoms with Gasteiger partial charge < -0.3 is 19.7 Å². The zero-order chi connectivity index (χ0) is 14.3. The van der Waals surface area contributed by atoms with E-state index < -0.39 is 0 Å². The minimum absolute atomic E-state index is 0.0255. The van der Waals surface area contributed by atoms with Gasteiger partial charge in [-0.05, 0) is 25.7 Å². The molecule has 5 nitrogen and oxygen atoms in total. The summed E-state index contributed by atoms with van der Waals surface area (Å²) in [5.74, 6) is 0.563. The highest BCUT2D eigenvalue weighted by Crippen LogP contribution is 2.16. The molecular formula is C14H28N2O3. The number of amides is 2. The monoisotopic (exact) mass is 272 g/mol. The number of nitrogens with one attached hydrogen (secondary N) is 1. The van der Waals surface area contributed by atoms with Gasteiger partial charge in [-0.2, -0.15) is 0 Å². The van der Waals surface area contributed by atoms with Crippen molar-refractivity contribution in [3.8, 4) is 0 Å². The molecule has 0 aromatic rings. The van der Waals surface area contributed by atoms with Crippen LogP contribution in [-0.2, 0) is 9.47 Å². The van der Waals surface area contributed by atoms with E-state index in [1.54, 1.807) is 7.11 Å². The first-order chi connectivity index (χ1) is 9.04. The summed E-state index contributed by atoms with van der Waals surface area (Å²) in [6.07, 6.45) is 1.82. The molecule has 112 valence electrons. The van der Waals surface area contributed by atoms with Crippen LogP contribution in [-0.4, -0.2) is 56.5 Å². The van der Waals surface area contributed by atoms with Crippen LogP contribution in [0.5, 0.6) is 0 Å².